The molecule has 1 heterocycles. The highest BCUT2D eigenvalue weighted by Gasteiger charge is 2.16. The fraction of sp³-hybridized carbons (Fsp3) is 0.176. The van der Waals surface area contributed by atoms with Gasteiger partial charge in [0.2, 0.25) is 5.91 Å². The number of nitrogens with one attached hydrogen (secondary N) is 2. The number of halogens is 1. The number of anilines is 1. The second-order valence-electron chi connectivity index (χ2n) is 10.2. The number of fused-ring (bicyclic) bond motifs is 1. The quantitative estimate of drug-likeness (QED) is 0.234. The Hall–Kier alpha value is -5.71. The van der Waals surface area contributed by atoms with Gasteiger partial charge < -0.3 is 20.1 Å². The number of ether oxygens (including phenoxy) is 2. The molecule has 5 rings (SSSR count). The third-order valence-corrected chi connectivity index (χ3v) is 7.25. The molecule has 0 aliphatic carbocycles. The first-order chi connectivity index (χ1) is 21.8. The predicted octanol–water partition coefficient (Wildman–Crippen LogP) is 3.98. The molecule has 0 fully saturated rings. The maximum atomic E-state index is 13.6. The molecule has 0 saturated carbocycles. The van der Waals surface area contributed by atoms with E-state index in [4.69, 9.17) is 9.47 Å². The normalized spacial score (nSPS) is 10.8. The van der Waals surface area contributed by atoms with E-state index in [1.54, 1.807) is 62.8 Å². The first-order valence-electron chi connectivity index (χ1n) is 14.1. The summed E-state index contributed by atoms with van der Waals surface area (Å²) in [5.74, 6) is -0.0962. The van der Waals surface area contributed by atoms with E-state index in [9.17, 15) is 23.6 Å². The van der Waals surface area contributed by atoms with Crippen LogP contribution in [0.25, 0.3) is 10.9 Å². The summed E-state index contributed by atoms with van der Waals surface area (Å²) >= 11 is 0. The van der Waals surface area contributed by atoms with Crippen LogP contribution in [0, 0.1) is 5.82 Å². The zero-order valence-corrected chi connectivity index (χ0v) is 24.7. The van der Waals surface area contributed by atoms with Crippen molar-refractivity contribution >= 4 is 28.4 Å². The molecular weight excluding hydrogens is 579 g/mol. The van der Waals surface area contributed by atoms with Crippen LogP contribution in [0.1, 0.15) is 21.5 Å². The van der Waals surface area contributed by atoms with Gasteiger partial charge in [0.15, 0.2) is 11.5 Å². The van der Waals surface area contributed by atoms with E-state index in [2.05, 4.69) is 10.6 Å². The molecule has 0 radical (unpaired) electrons. The molecule has 1 aromatic heterocycles. The molecule has 0 spiro atoms. The number of hydrogen-bond acceptors (Lipinski definition) is 6. The van der Waals surface area contributed by atoms with Crippen LogP contribution in [-0.2, 0) is 24.3 Å². The molecule has 2 amide bonds. The number of amides is 2. The predicted molar refractivity (Wildman–Crippen MR) is 169 cm³/mol. The summed E-state index contributed by atoms with van der Waals surface area (Å²) in [6, 6.07) is 24.1. The summed E-state index contributed by atoms with van der Waals surface area (Å²) in [5, 5.41) is 5.74. The zero-order valence-electron chi connectivity index (χ0n) is 24.7. The van der Waals surface area contributed by atoms with Crippen LogP contribution in [0.15, 0.2) is 101 Å². The van der Waals surface area contributed by atoms with Gasteiger partial charge in [-0.25, -0.2) is 9.18 Å². The van der Waals surface area contributed by atoms with Crippen molar-refractivity contribution < 1.29 is 23.5 Å². The summed E-state index contributed by atoms with van der Waals surface area (Å²) in [4.78, 5) is 52.5. The molecule has 11 heteroatoms. The minimum Gasteiger partial charge on any atom is -0.493 e. The van der Waals surface area contributed by atoms with Crippen molar-refractivity contribution in [3.05, 3.63) is 134 Å². The minimum atomic E-state index is -0.676. The molecule has 0 aliphatic rings. The van der Waals surface area contributed by atoms with Crippen LogP contribution in [0.5, 0.6) is 11.5 Å². The molecule has 0 saturated heterocycles. The third-order valence-electron chi connectivity index (χ3n) is 7.25. The second kappa shape index (κ2) is 13.7. The van der Waals surface area contributed by atoms with E-state index in [1.165, 1.54) is 28.8 Å². The molecule has 10 nitrogen and oxygen atoms in total. The highest BCUT2D eigenvalue weighted by Crippen LogP contribution is 2.27. The smallest absolute Gasteiger partial charge is 0.332 e. The van der Waals surface area contributed by atoms with Gasteiger partial charge in [-0.1, -0.05) is 36.4 Å². The van der Waals surface area contributed by atoms with Gasteiger partial charge >= 0.3 is 5.69 Å². The molecule has 0 bridgehead atoms. The topological polar surface area (TPSA) is 121 Å². The summed E-state index contributed by atoms with van der Waals surface area (Å²) < 4.78 is 26.4. The van der Waals surface area contributed by atoms with Gasteiger partial charge in [0, 0.05) is 17.8 Å². The number of aromatic nitrogens is 2. The SMILES string of the molecule is COc1ccc(CCNC(=O)c2ccc(Cn3c(=O)c4ccccc4n(CC(=O)Nc4cccc(F)c4)c3=O)cc2)cc1OC. The second-order valence-corrected chi connectivity index (χ2v) is 10.2. The Balaban J connectivity index is 1.30. The highest BCUT2D eigenvalue weighted by atomic mass is 19.1. The first-order valence-corrected chi connectivity index (χ1v) is 14.1. The third kappa shape index (κ3) is 7.10. The Morgan fingerprint density at radius 2 is 1.53 bits per heavy atom. The lowest BCUT2D eigenvalue weighted by Crippen LogP contribution is -2.42. The van der Waals surface area contributed by atoms with Crippen molar-refractivity contribution in [1.82, 2.24) is 14.5 Å². The van der Waals surface area contributed by atoms with Crippen LogP contribution in [0.3, 0.4) is 0 Å². The van der Waals surface area contributed by atoms with Crippen LogP contribution in [0.2, 0.25) is 0 Å². The van der Waals surface area contributed by atoms with Gasteiger partial charge in [0.05, 0.1) is 31.7 Å². The van der Waals surface area contributed by atoms with E-state index < -0.39 is 29.5 Å². The summed E-state index contributed by atoms with van der Waals surface area (Å²) in [5.41, 5.74) is 1.38. The Morgan fingerprint density at radius 3 is 2.27 bits per heavy atom. The van der Waals surface area contributed by atoms with Crippen LogP contribution in [0.4, 0.5) is 10.1 Å². The van der Waals surface area contributed by atoms with Crippen LogP contribution >= 0.6 is 0 Å². The van der Waals surface area contributed by atoms with Crippen molar-refractivity contribution in [2.24, 2.45) is 0 Å². The van der Waals surface area contributed by atoms with Crippen LogP contribution < -0.4 is 31.4 Å². The molecule has 5 aromatic rings. The highest BCUT2D eigenvalue weighted by molar-refractivity contribution is 5.94. The zero-order chi connectivity index (χ0) is 31.9. The molecule has 4 aromatic carbocycles. The van der Waals surface area contributed by atoms with Crippen molar-refractivity contribution in [3.8, 4) is 11.5 Å². The van der Waals surface area contributed by atoms with Gasteiger partial charge in [-0.15, -0.1) is 0 Å². The van der Waals surface area contributed by atoms with Gasteiger partial charge in [0.1, 0.15) is 12.4 Å². The van der Waals surface area contributed by atoms with E-state index in [1.807, 2.05) is 18.2 Å². The summed E-state index contributed by atoms with van der Waals surface area (Å²) in [6.45, 7) is -0.0668. The Kier molecular flexibility index (Phi) is 9.37. The van der Waals surface area contributed by atoms with E-state index >= 15 is 0 Å². The standard InChI is InChI=1S/C34H31FN4O6/c1-44-29-15-12-22(18-30(29)45-2)16-17-36-32(41)24-13-10-23(11-14-24)20-39-33(42)27-8-3-4-9-28(27)38(34(39)43)21-31(40)37-26-7-5-6-25(35)19-26/h3-15,18-19H,16-17,20-21H2,1-2H3,(H,36,41)(H,37,40). The fourth-order valence-electron chi connectivity index (χ4n) is 4.98. The number of carbonyl (C=O) groups excluding carboxylic acids is 2. The molecular formula is C34H31FN4O6. The van der Waals surface area contributed by atoms with Gasteiger partial charge in [-0.05, 0) is 72.1 Å². The number of methoxy groups -OCH3 is 2. The monoisotopic (exact) mass is 610 g/mol. The molecule has 230 valence electrons. The number of benzene rings is 4. The minimum absolute atomic E-state index is 0.0742. The number of hydrogen-bond donors (Lipinski definition) is 2. The molecule has 0 aliphatic heterocycles. The Morgan fingerprint density at radius 1 is 0.800 bits per heavy atom. The van der Waals surface area contributed by atoms with Crippen molar-refractivity contribution in [1.29, 1.82) is 0 Å². The molecule has 0 atom stereocenters. The average Bonchev–Trinajstić information content (AvgIpc) is 3.05. The molecule has 45 heavy (non-hydrogen) atoms. The number of para-hydroxylation sites is 1. The van der Waals surface area contributed by atoms with E-state index in [-0.39, 0.29) is 23.5 Å². The Bertz CT molecular complexity index is 1980. The average molecular weight is 611 g/mol. The fourth-order valence-corrected chi connectivity index (χ4v) is 4.98. The van der Waals surface area contributed by atoms with Crippen molar-refractivity contribution in [2.75, 3.05) is 26.1 Å². The lowest BCUT2D eigenvalue weighted by atomic mass is 10.1. The van der Waals surface area contributed by atoms with Gasteiger partial charge in [-0.3, -0.25) is 23.5 Å². The van der Waals surface area contributed by atoms with E-state index in [0.29, 0.717) is 41.1 Å². The molecule has 2 N–H and O–H groups in total. The number of rotatable bonds is 11. The van der Waals surface area contributed by atoms with E-state index in [0.717, 1.165) is 10.1 Å². The Labute approximate surface area is 257 Å². The number of nitrogens with zero attached hydrogens (tertiary/aromatic N) is 2. The van der Waals surface area contributed by atoms with Crippen molar-refractivity contribution in [3.63, 3.8) is 0 Å². The van der Waals surface area contributed by atoms with Gasteiger partial charge in [-0.2, -0.15) is 0 Å². The van der Waals surface area contributed by atoms with Crippen molar-refractivity contribution in [2.45, 2.75) is 19.5 Å². The number of carbonyl (C=O) groups is 2. The van der Waals surface area contributed by atoms with Crippen LogP contribution in [-0.4, -0.2) is 41.7 Å². The first kappa shape index (κ1) is 30.7. The maximum absolute atomic E-state index is 13.6. The van der Waals surface area contributed by atoms with Gasteiger partial charge in [0.25, 0.3) is 11.5 Å². The summed E-state index contributed by atoms with van der Waals surface area (Å²) in [6.07, 6.45) is 0.585. The molecule has 0 unspecified atom stereocenters. The lowest BCUT2D eigenvalue weighted by Gasteiger charge is -2.14. The summed E-state index contributed by atoms with van der Waals surface area (Å²) in [7, 11) is 3.13. The maximum Gasteiger partial charge on any atom is 0.332 e. The lowest BCUT2D eigenvalue weighted by molar-refractivity contribution is -0.116. The largest absolute Gasteiger partial charge is 0.493 e.